The lowest BCUT2D eigenvalue weighted by Gasteiger charge is -2.28. The molecule has 2 atom stereocenters. The fraction of sp³-hybridized carbons (Fsp3) is 0.625. The van der Waals surface area contributed by atoms with E-state index < -0.39 is 0 Å². The minimum atomic E-state index is -0.151. The zero-order chi connectivity index (χ0) is 14.0. The third kappa shape index (κ3) is 2.55. The summed E-state index contributed by atoms with van der Waals surface area (Å²) in [5.74, 6) is 0.933. The summed E-state index contributed by atoms with van der Waals surface area (Å²) in [6.07, 6.45) is 3.24. The van der Waals surface area contributed by atoms with E-state index in [1.54, 1.807) is 14.2 Å². The van der Waals surface area contributed by atoms with Crippen molar-refractivity contribution in [2.24, 2.45) is 0 Å². The third-order valence-corrected chi connectivity index (χ3v) is 4.60. The highest BCUT2D eigenvalue weighted by Crippen LogP contribution is 2.34. The minimum absolute atomic E-state index is 0.151. The summed E-state index contributed by atoms with van der Waals surface area (Å²) < 4.78 is 16.5. The molecule has 1 heterocycles. The average molecular weight is 277 g/mol. The number of rotatable bonds is 5. The molecule has 1 aliphatic heterocycles. The van der Waals surface area contributed by atoms with Crippen LogP contribution in [-0.4, -0.2) is 39.6 Å². The molecule has 0 spiro atoms. The second-order valence-corrected chi connectivity index (χ2v) is 5.73. The number of methoxy groups -OCH3 is 2. The number of fused-ring (bicyclic) bond motifs is 1. The highest BCUT2D eigenvalue weighted by molar-refractivity contribution is 5.40. The molecule has 1 aliphatic carbocycles. The first-order chi connectivity index (χ1) is 9.76. The summed E-state index contributed by atoms with van der Waals surface area (Å²) >= 11 is 0. The molecule has 1 N–H and O–H groups in total. The first-order valence-electron chi connectivity index (χ1n) is 7.29. The monoisotopic (exact) mass is 277 g/mol. The van der Waals surface area contributed by atoms with E-state index in [4.69, 9.17) is 14.2 Å². The molecule has 1 saturated heterocycles. The van der Waals surface area contributed by atoms with Gasteiger partial charge in [-0.25, -0.2) is 0 Å². The maximum atomic E-state index is 5.68. The van der Waals surface area contributed by atoms with Crippen LogP contribution in [0.4, 0.5) is 0 Å². The van der Waals surface area contributed by atoms with Crippen molar-refractivity contribution in [3.63, 3.8) is 0 Å². The lowest BCUT2D eigenvalue weighted by Crippen LogP contribution is -2.43. The summed E-state index contributed by atoms with van der Waals surface area (Å²) in [6.45, 7) is 2.32. The standard InChI is InChI=1S/C16H23NO3/c1-18-13-5-3-12-4-6-15(14(12)9-13)17-10-16(19-2)7-8-20-11-16/h3,5,9,15,17H,4,6-8,10-11H2,1-2H3. The van der Waals surface area contributed by atoms with Crippen LogP contribution in [0.25, 0.3) is 0 Å². The van der Waals surface area contributed by atoms with Crippen LogP contribution in [0.15, 0.2) is 18.2 Å². The van der Waals surface area contributed by atoms with Crippen LogP contribution < -0.4 is 10.1 Å². The van der Waals surface area contributed by atoms with Crippen molar-refractivity contribution >= 4 is 0 Å². The van der Waals surface area contributed by atoms with Gasteiger partial charge in [-0.15, -0.1) is 0 Å². The molecule has 1 fully saturated rings. The molecular formula is C16H23NO3. The van der Waals surface area contributed by atoms with Gasteiger partial charge >= 0.3 is 0 Å². The van der Waals surface area contributed by atoms with Gasteiger partial charge in [0.1, 0.15) is 11.4 Å². The van der Waals surface area contributed by atoms with Crippen molar-refractivity contribution < 1.29 is 14.2 Å². The fourth-order valence-electron chi connectivity index (χ4n) is 3.19. The van der Waals surface area contributed by atoms with E-state index >= 15 is 0 Å². The maximum Gasteiger partial charge on any atom is 0.119 e. The van der Waals surface area contributed by atoms with Crippen molar-refractivity contribution in [2.75, 3.05) is 34.0 Å². The average Bonchev–Trinajstić information content (AvgIpc) is 3.12. The van der Waals surface area contributed by atoms with E-state index in [1.165, 1.54) is 11.1 Å². The molecule has 0 saturated carbocycles. The van der Waals surface area contributed by atoms with E-state index in [1.807, 2.05) is 6.07 Å². The Balaban J connectivity index is 1.68. The second-order valence-electron chi connectivity index (χ2n) is 5.73. The molecule has 0 radical (unpaired) electrons. The van der Waals surface area contributed by atoms with Gasteiger partial charge in [0.05, 0.1) is 13.7 Å². The van der Waals surface area contributed by atoms with E-state index in [-0.39, 0.29) is 5.60 Å². The van der Waals surface area contributed by atoms with Gasteiger partial charge in [-0.1, -0.05) is 6.07 Å². The molecule has 0 aromatic heterocycles. The lowest BCUT2D eigenvalue weighted by molar-refractivity contribution is -0.0175. The van der Waals surface area contributed by atoms with Gasteiger partial charge in [0.25, 0.3) is 0 Å². The quantitative estimate of drug-likeness (QED) is 0.894. The van der Waals surface area contributed by atoms with Crippen LogP contribution >= 0.6 is 0 Å². The topological polar surface area (TPSA) is 39.7 Å². The zero-order valence-corrected chi connectivity index (χ0v) is 12.3. The van der Waals surface area contributed by atoms with E-state index in [2.05, 4.69) is 17.4 Å². The Labute approximate surface area is 120 Å². The third-order valence-electron chi connectivity index (χ3n) is 4.60. The Morgan fingerprint density at radius 2 is 2.30 bits per heavy atom. The van der Waals surface area contributed by atoms with Crippen LogP contribution in [0, 0.1) is 0 Å². The molecule has 20 heavy (non-hydrogen) atoms. The Kier molecular flexibility index (Phi) is 3.96. The Hall–Kier alpha value is -1.10. The molecule has 4 nitrogen and oxygen atoms in total. The normalized spacial score (nSPS) is 28.6. The molecule has 1 aromatic rings. The molecule has 0 bridgehead atoms. The summed E-state index contributed by atoms with van der Waals surface area (Å²) in [5, 5.41) is 3.66. The van der Waals surface area contributed by atoms with Crippen LogP contribution in [0.1, 0.15) is 30.0 Å². The molecule has 4 heteroatoms. The summed E-state index contributed by atoms with van der Waals surface area (Å²) in [7, 11) is 3.50. The molecule has 2 aliphatic rings. The van der Waals surface area contributed by atoms with E-state index in [0.29, 0.717) is 12.6 Å². The van der Waals surface area contributed by atoms with Gasteiger partial charge in [-0.05, 0) is 36.1 Å². The summed E-state index contributed by atoms with van der Waals surface area (Å²) in [5.41, 5.74) is 2.65. The maximum absolute atomic E-state index is 5.68. The van der Waals surface area contributed by atoms with Crippen molar-refractivity contribution in [3.05, 3.63) is 29.3 Å². The Bertz CT molecular complexity index is 469. The predicted molar refractivity (Wildman–Crippen MR) is 77.2 cm³/mol. The first-order valence-corrected chi connectivity index (χ1v) is 7.29. The zero-order valence-electron chi connectivity index (χ0n) is 12.3. The summed E-state index contributed by atoms with van der Waals surface area (Å²) in [4.78, 5) is 0. The van der Waals surface area contributed by atoms with Gasteiger partial charge < -0.3 is 19.5 Å². The molecule has 0 amide bonds. The molecule has 2 unspecified atom stereocenters. The number of aryl methyl sites for hydroxylation is 1. The summed E-state index contributed by atoms with van der Waals surface area (Å²) in [6, 6.07) is 6.78. The van der Waals surface area contributed by atoms with Crippen molar-refractivity contribution in [2.45, 2.75) is 30.9 Å². The lowest BCUT2D eigenvalue weighted by atomic mass is 10.0. The van der Waals surface area contributed by atoms with Gasteiger partial charge in [0.2, 0.25) is 0 Å². The van der Waals surface area contributed by atoms with Crippen molar-refractivity contribution in [3.8, 4) is 5.75 Å². The highest BCUT2D eigenvalue weighted by Gasteiger charge is 2.36. The number of ether oxygens (including phenoxy) is 3. The van der Waals surface area contributed by atoms with Crippen molar-refractivity contribution in [1.82, 2.24) is 5.32 Å². The molecular weight excluding hydrogens is 254 g/mol. The number of nitrogens with one attached hydrogen (secondary N) is 1. The molecule has 1 aromatic carbocycles. The van der Waals surface area contributed by atoms with Crippen LogP contribution in [-0.2, 0) is 15.9 Å². The minimum Gasteiger partial charge on any atom is -0.497 e. The molecule has 3 rings (SSSR count). The largest absolute Gasteiger partial charge is 0.497 e. The van der Waals surface area contributed by atoms with Crippen molar-refractivity contribution in [1.29, 1.82) is 0 Å². The Morgan fingerprint density at radius 1 is 1.40 bits per heavy atom. The number of hydrogen-bond acceptors (Lipinski definition) is 4. The van der Waals surface area contributed by atoms with Gasteiger partial charge in [0.15, 0.2) is 0 Å². The SMILES string of the molecule is COc1ccc2c(c1)C(NCC1(OC)CCOC1)CC2. The van der Waals surface area contributed by atoms with E-state index in [9.17, 15) is 0 Å². The number of benzene rings is 1. The Morgan fingerprint density at radius 3 is 3.00 bits per heavy atom. The van der Waals surface area contributed by atoms with Gasteiger partial charge in [-0.3, -0.25) is 0 Å². The van der Waals surface area contributed by atoms with Crippen LogP contribution in [0.3, 0.4) is 0 Å². The molecule has 110 valence electrons. The van der Waals surface area contributed by atoms with Crippen LogP contribution in [0.2, 0.25) is 0 Å². The second kappa shape index (κ2) is 5.72. The van der Waals surface area contributed by atoms with Crippen LogP contribution in [0.5, 0.6) is 5.75 Å². The predicted octanol–water partition coefficient (Wildman–Crippen LogP) is 2.08. The fourth-order valence-corrected chi connectivity index (χ4v) is 3.19. The van der Waals surface area contributed by atoms with Gasteiger partial charge in [0, 0.05) is 32.7 Å². The number of hydrogen-bond donors (Lipinski definition) is 1. The van der Waals surface area contributed by atoms with Gasteiger partial charge in [-0.2, -0.15) is 0 Å². The highest BCUT2D eigenvalue weighted by atomic mass is 16.5. The smallest absolute Gasteiger partial charge is 0.119 e. The van der Waals surface area contributed by atoms with E-state index in [0.717, 1.165) is 38.2 Å². The first kappa shape index (κ1) is 13.9.